The van der Waals surface area contributed by atoms with Crippen LogP contribution < -0.4 is 10.6 Å². The highest BCUT2D eigenvalue weighted by Crippen LogP contribution is 2.20. The van der Waals surface area contributed by atoms with E-state index in [2.05, 4.69) is 10.6 Å². The van der Waals surface area contributed by atoms with Crippen molar-refractivity contribution in [1.29, 1.82) is 0 Å². The number of thiocarbonyl (C=S) groups is 1. The molecule has 0 bridgehead atoms. The highest BCUT2D eigenvalue weighted by molar-refractivity contribution is 7.80. The smallest absolute Gasteiger partial charge is 0.337 e. The molecule has 0 aromatic heterocycles. The molecule has 3 rings (SSSR count). The third-order valence-electron chi connectivity index (χ3n) is 4.51. The van der Waals surface area contributed by atoms with E-state index in [4.69, 9.17) is 21.7 Å². The molecule has 1 amide bonds. The Bertz CT molecular complexity index is 1200. The van der Waals surface area contributed by atoms with Gasteiger partial charge >= 0.3 is 11.9 Å². The van der Waals surface area contributed by atoms with E-state index in [1.165, 1.54) is 38.5 Å². The maximum absolute atomic E-state index is 12.3. The number of carbonyl (C=O) groups excluding carboxylic acids is 3. The monoisotopic (exact) mass is 448 g/mol. The molecular formula is C24H20N2O5S. The first kappa shape index (κ1) is 22.6. The van der Waals surface area contributed by atoms with Crippen LogP contribution >= 0.6 is 12.2 Å². The predicted molar refractivity (Wildman–Crippen MR) is 126 cm³/mol. The van der Waals surface area contributed by atoms with E-state index in [1.54, 1.807) is 6.08 Å². The van der Waals surface area contributed by atoms with Crippen LogP contribution in [0.25, 0.3) is 16.8 Å². The number of methoxy groups -OCH3 is 2. The fraction of sp³-hybridized carbons (Fsp3) is 0.0833. The van der Waals surface area contributed by atoms with Crippen LogP contribution in [0.5, 0.6) is 0 Å². The first-order chi connectivity index (χ1) is 15.4. The van der Waals surface area contributed by atoms with E-state index < -0.39 is 17.8 Å². The molecule has 0 unspecified atom stereocenters. The summed E-state index contributed by atoms with van der Waals surface area (Å²) in [6.07, 6.45) is 3.08. The Balaban J connectivity index is 1.72. The van der Waals surface area contributed by atoms with Crippen molar-refractivity contribution in [3.05, 3.63) is 83.4 Å². The Hall–Kier alpha value is -4.04. The summed E-state index contributed by atoms with van der Waals surface area (Å²) in [4.78, 5) is 36.1. The largest absolute Gasteiger partial charge is 0.465 e. The van der Waals surface area contributed by atoms with Crippen molar-refractivity contribution >= 4 is 57.7 Å². The summed E-state index contributed by atoms with van der Waals surface area (Å²) < 4.78 is 9.41. The molecule has 2 N–H and O–H groups in total. The Kier molecular flexibility index (Phi) is 7.30. The van der Waals surface area contributed by atoms with E-state index in [0.717, 1.165) is 16.3 Å². The minimum Gasteiger partial charge on any atom is -0.465 e. The molecule has 0 radical (unpaired) electrons. The minimum atomic E-state index is -0.633. The molecule has 0 aliphatic carbocycles. The molecule has 0 saturated carbocycles. The van der Waals surface area contributed by atoms with Gasteiger partial charge in [0.15, 0.2) is 5.11 Å². The quantitative estimate of drug-likeness (QED) is 0.347. The summed E-state index contributed by atoms with van der Waals surface area (Å²) in [6, 6.07) is 17.9. The van der Waals surface area contributed by atoms with Crippen LogP contribution in [-0.2, 0) is 14.3 Å². The molecule has 0 fully saturated rings. The average Bonchev–Trinajstić information content (AvgIpc) is 2.81. The van der Waals surface area contributed by atoms with Gasteiger partial charge in [-0.05, 0) is 52.8 Å². The zero-order valence-electron chi connectivity index (χ0n) is 17.4. The van der Waals surface area contributed by atoms with Crippen LogP contribution in [0.3, 0.4) is 0 Å². The fourth-order valence-electron chi connectivity index (χ4n) is 3.05. The van der Waals surface area contributed by atoms with Gasteiger partial charge in [0.05, 0.1) is 25.3 Å². The molecule has 0 atom stereocenters. The third kappa shape index (κ3) is 5.55. The normalized spacial score (nSPS) is 10.6. The van der Waals surface area contributed by atoms with Gasteiger partial charge in [-0.25, -0.2) is 9.59 Å². The molecule has 3 aromatic carbocycles. The summed E-state index contributed by atoms with van der Waals surface area (Å²) in [5, 5.41) is 7.41. The van der Waals surface area contributed by atoms with E-state index in [9.17, 15) is 14.4 Å². The summed E-state index contributed by atoms with van der Waals surface area (Å²) in [7, 11) is 2.46. The number of esters is 2. The molecule has 0 heterocycles. The highest BCUT2D eigenvalue weighted by Gasteiger charge is 2.14. The molecule has 0 saturated heterocycles. The van der Waals surface area contributed by atoms with Gasteiger partial charge < -0.3 is 14.8 Å². The number of benzene rings is 3. The summed E-state index contributed by atoms with van der Waals surface area (Å²) in [5.74, 6) is -1.70. The molecule has 3 aromatic rings. The Morgan fingerprint density at radius 1 is 0.875 bits per heavy atom. The average molecular weight is 449 g/mol. The second kappa shape index (κ2) is 10.3. The van der Waals surface area contributed by atoms with Gasteiger partial charge in [-0.2, -0.15) is 0 Å². The highest BCUT2D eigenvalue weighted by atomic mass is 32.1. The van der Waals surface area contributed by atoms with Gasteiger partial charge in [0.1, 0.15) is 0 Å². The van der Waals surface area contributed by atoms with Gasteiger partial charge in [0, 0.05) is 11.8 Å². The number of carbonyl (C=O) groups is 3. The van der Waals surface area contributed by atoms with Gasteiger partial charge in [-0.15, -0.1) is 0 Å². The first-order valence-corrected chi connectivity index (χ1v) is 9.91. The molecule has 0 aliphatic heterocycles. The molecule has 7 nitrogen and oxygen atoms in total. The van der Waals surface area contributed by atoms with Crippen molar-refractivity contribution < 1.29 is 23.9 Å². The van der Waals surface area contributed by atoms with Crippen LogP contribution in [0.15, 0.2) is 66.7 Å². The number of fused-ring (bicyclic) bond motifs is 1. The van der Waals surface area contributed by atoms with E-state index >= 15 is 0 Å². The Morgan fingerprint density at radius 3 is 2.16 bits per heavy atom. The van der Waals surface area contributed by atoms with Crippen molar-refractivity contribution in [3.63, 3.8) is 0 Å². The fourth-order valence-corrected chi connectivity index (χ4v) is 3.27. The number of ether oxygens (including phenoxy) is 2. The molecule has 162 valence electrons. The summed E-state index contributed by atoms with van der Waals surface area (Å²) >= 11 is 5.19. The zero-order valence-corrected chi connectivity index (χ0v) is 18.2. The van der Waals surface area contributed by atoms with Crippen molar-refractivity contribution in [1.82, 2.24) is 5.32 Å². The van der Waals surface area contributed by atoms with Crippen LogP contribution in [0.4, 0.5) is 5.69 Å². The third-order valence-corrected chi connectivity index (χ3v) is 4.71. The van der Waals surface area contributed by atoms with Gasteiger partial charge in [0.25, 0.3) is 0 Å². The Morgan fingerprint density at radius 2 is 1.50 bits per heavy atom. The van der Waals surface area contributed by atoms with Crippen LogP contribution in [0, 0.1) is 0 Å². The lowest BCUT2D eigenvalue weighted by molar-refractivity contribution is -0.115. The number of hydrogen-bond donors (Lipinski definition) is 2. The summed E-state index contributed by atoms with van der Waals surface area (Å²) in [6.45, 7) is 0. The second-order valence-electron chi connectivity index (χ2n) is 6.63. The maximum atomic E-state index is 12.3. The standard InChI is InChI=1S/C24H20N2O5S/c1-30-22(28)17-12-18(23(29)31-2)14-19(13-17)25-24(32)26-21(27)11-10-16-8-5-7-15-6-3-4-9-20(15)16/h3-14H,1-2H3,(H2,25,26,27,32)/b11-10+. The van der Waals surface area contributed by atoms with Crippen LogP contribution in [0.2, 0.25) is 0 Å². The molecular weight excluding hydrogens is 428 g/mol. The summed E-state index contributed by atoms with van der Waals surface area (Å²) in [5.41, 5.74) is 1.47. The minimum absolute atomic E-state index is 0.00426. The van der Waals surface area contributed by atoms with E-state index in [0.29, 0.717) is 5.69 Å². The van der Waals surface area contributed by atoms with Crippen molar-refractivity contribution in [2.75, 3.05) is 19.5 Å². The molecule has 32 heavy (non-hydrogen) atoms. The lowest BCUT2D eigenvalue weighted by Crippen LogP contribution is -2.33. The number of rotatable bonds is 5. The van der Waals surface area contributed by atoms with Crippen LogP contribution in [-0.4, -0.2) is 37.2 Å². The molecule has 0 aliphatic rings. The lowest BCUT2D eigenvalue weighted by atomic mass is 10.0. The topological polar surface area (TPSA) is 93.7 Å². The van der Waals surface area contributed by atoms with Crippen molar-refractivity contribution in [3.8, 4) is 0 Å². The molecule has 8 heteroatoms. The maximum Gasteiger partial charge on any atom is 0.337 e. The number of anilines is 1. The van der Waals surface area contributed by atoms with Gasteiger partial charge in [0.2, 0.25) is 5.91 Å². The first-order valence-electron chi connectivity index (χ1n) is 9.51. The van der Waals surface area contributed by atoms with Crippen molar-refractivity contribution in [2.45, 2.75) is 0 Å². The molecule has 0 spiro atoms. The number of nitrogens with one attached hydrogen (secondary N) is 2. The van der Waals surface area contributed by atoms with Crippen molar-refractivity contribution in [2.24, 2.45) is 0 Å². The zero-order chi connectivity index (χ0) is 23.1. The SMILES string of the molecule is COC(=O)c1cc(NC(=S)NC(=O)/C=C/c2cccc3ccccc23)cc(C(=O)OC)c1. The van der Waals surface area contributed by atoms with Gasteiger partial charge in [-0.1, -0.05) is 42.5 Å². The van der Waals surface area contributed by atoms with Crippen LogP contribution in [0.1, 0.15) is 26.3 Å². The second-order valence-corrected chi connectivity index (χ2v) is 7.04. The number of amides is 1. The van der Waals surface area contributed by atoms with E-state index in [1.807, 2.05) is 42.5 Å². The number of hydrogen-bond acceptors (Lipinski definition) is 6. The lowest BCUT2D eigenvalue weighted by Gasteiger charge is -2.11. The van der Waals surface area contributed by atoms with E-state index in [-0.39, 0.29) is 16.2 Å². The Labute approximate surface area is 190 Å². The predicted octanol–water partition coefficient (Wildman–Crippen LogP) is 3.94. The van der Waals surface area contributed by atoms with Gasteiger partial charge in [-0.3, -0.25) is 10.1 Å².